The minimum absolute atomic E-state index is 0.183. The molecule has 0 nitrogen and oxygen atoms in total. The quantitative estimate of drug-likeness (QED) is 0.286. The minimum atomic E-state index is -2.03. The zero-order valence-corrected chi connectivity index (χ0v) is 21.7. The summed E-state index contributed by atoms with van der Waals surface area (Å²) in [5, 5.41) is 3.05. The molecule has 24 heavy (non-hydrogen) atoms. The lowest BCUT2D eigenvalue weighted by Gasteiger charge is -2.56. The van der Waals surface area contributed by atoms with E-state index < -0.39 is 22.8 Å². The van der Waals surface area contributed by atoms with Gasteiger partial charge in [-0.2, -0.15) is 0 Å². The summed E-state index contributed by atoms with van der Waals surface area (Å²) in [6, 6.07) is 22.5. The van der Waals surface area contributed by atoms with Crippen LogP contribution in [0.25, 0.3) is 0 Å². The molecule has 1 atom stereocenters. The average Bonchev–Trinajstić information content (AvgIpc) is 2.53. The van der Waals surface area contributed by atoms with Crippen molar-refractivity contribution in [2.45, 2.75) is 42.5 Å². The SMILES string of the molecule is C[Si](C)(C)C(Br)([Si](C)(C)Br)[Si](C)(c1ccccc1)c1ccccc1. The molecule has 0 heterocycles. The van der Waals surface area contributed by atoms with Crippen molar-refractivity contribution in [2.75, 3.05) is 0 Å². The number of rotatable bonds is 5. The fourth-order valence-electron chi connectivity index (χ4n) is 4.34. The molecule has 0 saturated heterocycles. The molecule has 0 saturated carbocycles. The molecule has 0 radical (unpaired) electrons. The van der Waals surface area contributed by atoms with Crippen molar-refractivity contribution >= 4 is 64.4 Å². The summed E-state index contributed by atoms with van der Waals surface area (Å²) in [4.78, 5) is 0. The number of hydrogen-bond donors (Lipinski definition) is 0. The van der Waals surface area contributed by atoms with E-state index in [9.17, 15) is 0 Å². The van der Waals surface area contributed by atoms with Crippen molar-refractivity contribution in [3.8, 4) is 0 Å². The van der Waals surface area contributed by atoms with Gasteiger partial charge in [0, 0.05) is 3.19 Å². The van der Waals surface area contributed by atoms with E-state index in [-0.39, 0.29) is 3.19 Å². The summed E-state index contributed by atoms with van der Waals surface area (Å²) in [5.41, 5.74) is 0. The van der Waals surface area contributed by atoms with Crippen molar-refractivity contribution in [1.29, 1.82) is 0 Å². The fourth-order valence-corrected chi connectivity index (χ4v) is 37.1. The third kappa shape index (κ3) is 3.22. The van der Waals surface area contributed by atoms with Gasteiger partial charge in [0.15, 0.2) is 0 Å². The maximum atomic E-state index is 4.46. The Morgan fingerprint density at radius 2 is 1.00 bits per heavy atom. The molecule has 2 rings (SSSR count). The lowest BCUT2D eigenvalue weighted by atomic mass is 10.4. The lowest BCUT2D eigenvalue weighted by molar-refractivity contribution is 1.37. The molecule has 1 unspecified atom stereocenters. The first kappa shape index (κ1) is 20.4. The summed E-state index contributed by atoms with van der Waals surface area (Å²) in [5.74, 6) is 0. The van der Waals surface area contributed by atoms with E-state index in [4.69, 9.17) is 0 Å². The van der Waals surface area contributed by atoms with Crippen LogP contribution in [0.5, 0.6) is 0 Å². The van der Waals surface area contributed by atoms with Crippen LogP contribution in [0.15, 0.2) is 60.7 Å². The number of hydrogen-bond acceptors (Lipinski definition) is 0. The lowest BCUT2D eigenvalue weighted by Crippen LogP contribution is -2.82. The van der Waals surface area contributed by atoms with Gasteiger partial charge in [0.1, 0.15) is 14.8 Å². The molecule has 0 aliphatic rings. The molecule has 0 fully saturated rings. The van der Waals surface area contributed by atoms with Gasteiger partial charge in [0.2, 0.25) is 0 Å². The molecule has 0 N–H and O–H groups in total. The highest BCUT2D eigenvalue weighted by Gasteiger charge is 2.64. The van der Waals surface area contributed by atoms with Gasteiger partial charge < -0.3 is 0 Å². The van der Waals surface area contributed by atoms with Gasteiger partial charge >= 0.3 is 0 Å². The summed E-state index contributed by atoms with van der Waals surface area (Å²) in [6.07, 6.45) is 0. The van der Waals surface area contributed by atoms with Gasteiger partial charge in [0.05, 0.1) is 8.07 Å². The van der Waals surface area contributed by atoms with E-state index in [1.165, 1.54) is 10.4 Å². The molecule has 130 valence electrons. The Morgan fingerprint density at radius 1 is 0.667 bits per heavy atom. The first-order valence-electron chi connectivity index (χ1n) is 8.45. The predicted molar refractivity (Wildman–Crippen MR) is 125 cm³/mol. The zero-order valence-electron chi connectivity index (χ0n) is 15.5. The van der Waals surface area contributed by atoms with Gasteiger partial charge in [-0.1, -0.05) is 126 Å². The van der Waals surface area contributed by atoms with Gasteiger partial charge in [-0.15, -0.1) is 15.3 Å². The first-order valence-corrected chi connectivity index (χ1v) is 20.5. The maximum absolute atomic E-state index is 4.46. The molecule has 2 aromatic carbocycles. The fraction of sp³-hybridized carbons (Fsp3) is 0.368. The van der Waals surface area contributed by atoms with Crippen LogP contribution >= 0.6 is 31.2 Å². The molecule has 0 bridgehead atoms. The number of halogens is 2. The normalized spacial score (nSPS) is 15.8. The van der Waals surface area contributed by atoms with E-state index >= 15 is 0 Å². The highest BCUT2D eigenvalue weighted by molar-refractivity contribution is 9.28. The van der Waals surface area contributed by atoms with Gasteiger partial charge in [-0.25, -0.2) is 0 Å². The van der Waals surface area contributed by atoms with Gasteiger partial charge in [0.25, 0.3) is 0 Å². The average molecular weight is 500 g/mol. The Morgan fingerprint density at radius 3 is 1.25 bits per heavy atom. The second-order valence-corrected chi connectivity index (χ2v) is 32.2. The van der Waals surface area contributed by atoms with E-state index in [1.807, 2.05) is 0 Å². The first-order chi connectivity index (χ1) is 11.0. The Hall–Kier alpha value is 0.0506. The highest BCUT2D eigenvalue weighted by atomic mass is 79.9. The van der Waals surface area contributed by atoms with E-state index in [0.717, 1.165) is 0 Å². The smallest absolute Gasteiger partial charge is 0.126 e. The van der Waals surface area contributed by atoms with Crippen LogP contribution in [0, 0.1) is 0 Å². The van der Waals surface area contributed by atoms with Crippen molar-refractivity contribution in [1.82, 2.24) is 0 Å². The minimum Gasteiger partial charge on any atom is -0.126 e. The Bertz CT molecular complexity index is 620. The highest BCUT2D eigenvalue weighted by Crippen LogP contribution is 2.48. The molecule has 0 aliphatic heterocycles. The van der Waals surface area contributed by atoms with Crippen LogP contribution in [0.2, 0.25) is 39.3 Å². The van der Waals surface area contributed by atoms with Gasteiger partial charge in [-0.3, -0.25) is 0 Å². The predicted octanol–water partition coefficient (Wildman–Crippen LogP) is 5.57. The third-order valence-electron chi connectivity index (χ3n) is 5.24. The van der Waals surface area contributed by atoms with Gasteiger partial charge in [-0.05, 0) is 0 Å². The molecule has 0 aliphatic carbocycles. The van der Waals surface area contributed by atoms with E-state index in [2.05, 4.69) is 131 Å². The summed E-state index contributed by atoms with van der Waals surface area (Å²) >= 11 is 8.69. The zero-order chi connectivity index (χ0) is 18.2. The standard InChI is InChI=1S/C19H28Br2Si3/c1-22(2,3)19(20,23(4,5)21)24(6,17-13-9-7-10-14-17)18-15-11-8-12-16-18/h7-16H,1-6H3. The molecule has 5 heteroatoms. The monoisotopic (exact) mass is 498 g/mol. The van der Waals surface area contributed by atoms with Crippen molar-refractivity contribution in [3.63, 3.8) is 0 Å². The van der Waals surface area contributed by atoms with Crippen molar-refractivity contribution in [2.24, 2.45) is 0 Å². The van der Waals surface area contributed by atoms with Crippen LogP contribution < -0.4 is 10.4 Å². The molecular weight excluding hydrogens is 472 g/mol. The van der Waals surface area contributed by atoms with E-state index in [0.29, 0.717) is 0 Å². The summed E-state index contributed by atoms with van der Waals surface area (Å²) in [7, 11) is -3.59. The van der Waals surface area contributed by atoms with Crippen LogP contribution in [-0.4, -0.2) is 26.0 Å². The molecule has 0 aromatic heterocycles. The molecule has 2 aromatic rings. The number of alkyl halides is 1. The van der Waals surface area contributed by atoms with E-state index in [1.54, 1.807) is 0 Å². The van der Waals surface area contributed by atoms with Crippen LogP contribution in [0.4, 0.5) is 0 Å². The van der Waals surface area contributed by atoms with Crippen LogP contribution in [-0.2, 0) is 0 Å². The number of benzene rings is 2. The topological polar surface area (TPSA) is 0 Å². The Kier molecular flexibility index (Phi) is 5.93. The van der Waals surface area contributed by atoms with Crippen LogP contribution in [0.3, 0.4) is 0 Å². The Balaban J connectivity index is 2.90. The second kappa shape index (κ2) is 6.99. The summed E-state index contributed by atoms with van der Waals surface area (Å²) < 4.78 is 0.183. The third-order valence-corrected chi connectivity index (χ3v) is 39.1. The molecular formula is C19H28Br2Si3. The summed E-state index contributed by atoms with van der Waals surface area (Å²) in [6.45, 7) is 13.4. The second-order valence-electron chi connectivity index (χ2n) is 8.24. The largest absolute Gasteiger partial charge is 0.136 e. The molecule has 0 spiro atoms. The van der Waals surface area contributed by atoms with Crippen LogP contribution in [0.1, 0.15) is 0 Å². The van der Waals surface area contributed by atoms with Crippen molar-refractivity contribution < 1.29 is 0 Å². The molecule has 0 amide bonds. The Labute approximate surface area is 166 Å². The maximum Gasteiger partial charge on any atom is 0.136 e. The van der Waals surface area contributed by atoms with Crippen molar-refractivity contribution in [3.05, 3.63) is 60.7 Å².